The lowest BCUT2D eigenvalue weighted by atomic mass is 10.2. The highest BCUT2D eigenvalue weighted by Crippen LogP contribution is 2.19. The summed E-state index contributed by atoms with van der Waals surface area (Å²) < 4.78 is 42.8. The number of hydrogen-bond acceptors (Lipinski definition) is 3. The summed E-state index contributed by atoms with van der Waals surface area (Å²) in [5.74, 6) is -0.374. The number of aliphatic hydroxyl groups excluding tert-OH is 1. The zero-order valence-corrected chi connectivity index (χ0v) is 11.6. The predicted octanol–water partition coefficient (Wildman–Crippen LogP) is 2.23. The zero-order valence-electron chi connectivity index (χ0n) is 11.6. The van der Waals surface area contributed by atoms with Gasteiger partial charge in [0.1, 0.15) is 12.3 Å². The first-order valence-corrected chi connectivity index (χ1v) is 6.55. The van der Waals surface area contributed by atoms with Gasteiger partial charge in [-0.05, 0) is 18.6 Å². The highest BCUT2D eigenvalue weighted by Gasteiger charge is 2.35. The number of benzene rings is 1. The quantitative estimate of drug-likeness (QED) is 0.840. The van der Waals surface area contributed by atoms with Gasteiger partial charge >= 0.3 is 6.18 Å². The molecule has 118 valence electrons. The van der Waals surface area contributed by atoms with Crippen LogP contribution in [0.25, 0.3) is 0 Å². The van der Waals surface area contributed by atoms with Gasteiger partial charge in [-0.3, -0.25) is 4.79 Å². The van der Waals surface area contributed by atoms with Crippen LogP contribution in [-0.2, 0) is 4.79 Å². The van der Waals surface area contributed by atoms with E-state index in [2.05, 4.69) is 0 Å². The van der Waals surface area contributed by atoms with Crippen LogP contribution in [0.15, 0.2) is 30.3 Å². The van der Waals surface area contributed by atoms with Gasteiger partial charge in [-0.2, -0.15) is 13.2 Å². The second kappa shape index (κ2) is 7.87. The summed E-state index contributed by atoms with van der Waals surface area (Å²) in [4.78, 5) is 12.7. The van der Waals surface area contributed by atoms with E-state index in [4.69, 9.17) is 9.84 Å². The number of rotatable bonds is 7. The molecule has 0 aromatic heterocycles. The lowest BCUT2D eigenvalue weighted by molar-refractivity contribution is -0.166. The number of amides is 1. The van der Waals surface area contributed by atoms with Crippen LogP contribution in [0.1, 0.15) is 13.3 Å². The Morgan fingerprint density at radius 2 is 1.95 bits per heavy atom. The summed E-state index contributed by atoms with van der Waals surface area (Å²) in [6.07, 6.45) is -5.30. The van der Waals surface area contributed by atoms with Crippen molar-refractivity contribution in [3.8, 4) is 5.75 Å². The van der Waals surface area contributed by atoms with Crippen LogP contribution < -0.4 is 4.74 Å². The molecule has 0 aliphatic heterocycles. The van der Waals surface area contributed by atoms with Crippen molar-refractivity contribution in [1.82, 2.24) is 4.90 Å². The van der Waals surface area contributed by atoms with Crippen molar-refractivity contribution < 1.29 is 27.8 Å². The van der Waals surface area contributed by atoms with Gasteiger partial charge in [0, 0.05) is 6.54 Å². The molecule has 1 atom stereocenters. The van der Waals surface area contributed by atoms with Gasteiger partial charge in [-0.25, -0.2) is 0 Å². The molecule has 0 heterocycles. The summed E-state index contributed by atoms with van der Waals surface area (Å²) in [5.41, 5.74) is 0. The van der Waals surface area contributed by atoms with E-state index in [1.165, 1.54) is 0 Å². The fourth-order valence-electron chi connectivity index (χ4n) is 1.78. The Balaban J connectivity index is 2.78. The van der Waals surface area contributed by atoms with Crippen LogP contribution in [0.5, 0.6) is 5.75 Å². The van der Waals surface area contributed by atoms with Gasteiger partial charge < -0.3 is 14.7 Å². The number of ether oxygens (including phenoxy) is 1. The molecule has 4 nitrogen and oxygen atoms in total. The zero-order chi connectivity index (χ0) is 15.9. The lowest BCUT2D eigenvalue weighted by Crippen LogP contribution is -2.47. The highest BCUT2D eigenvalue weighted by atomic mass is 19.4. The van der Waals surface area contributed by atoms with E-state index in [0.29, 0.717) is 10.6 Å². The Bertz CT molecular complexity index is 437. The third-order valence-electron chi connectivity index (χ3n) is 2.72. The molecule has 7 heteroatoms. The van der Waals surface area contributed by atoms with Crippen molar-refractivity contribution in [3.05, 3.63) is 30.3 Å². The van der Waals surface area contributed by atoms with Gasteiger partial charge in [-0.15, -0.1) is 0 Å². The molecular weight excluding hydrogens is 287 g/mol. The van der Waals surface area contributed by atoms with Crippen LogP contribution in [0.2, 0.25) is 0 Å². The Morgan fingerprint density at radius 1 is 1.33 bits per heavy atom. The number of para-hydroxylation sites is 1. The number of hydrogen-bond donors (Lipinski definition) is 1. The van der Waals surface area contributed by atoms with Crippen LogP contribution in [-0.4, -0.2) is 47.9 Å². The van der Waals surface area contributed by atoms with E-state index in [0.717, 1.165) is 0 Å². The smallest absolute Gasteiger partial charge is 0.406 e. The standard InChI is InChI=1S/C14H18F3NO3/c1-2-12(21-11-6-4-3-5-7-11)13(20)18(8-9-19)10-14(15,16)17/h3-7,12,19H,2,8-10H2,1H3. The van der Waals surface area contributed by atoms with Gasteiger partial charge in [0.2, 0.25) is 0 Å². The average Bonchev–Trinajstić information content (AvgIpc) is 2.43. The maximum atomic E-state index is 12.5. The number of aliphatic hydroxyl groups is 1. The number of alkyl halides is 3. The molecule has 0 fully saturated rings. The first kappa shape index (κ1) is 17.3. The van der Waals surface area contributed by atoms with Crippen LogP contribution in [0.3, 0.4) is 0 Å². The van der Waals surface area contributed by atoms with Gasteiger partial charge in [0.05, 0.1) is 6.61 Å². The van der Waals surface area contributed by atoms with Crippen molar-refractivity contribution in [2.45, 2.75) is 25.6 Å². The monoisotopic (exact) mass is 305 g/mol. The first-order chi connectivity index (χ1) is 9.87. The molecule has 1 aromatic carbocycles. The molecule has 0 saturated carbocycles. The molecule has 0 aliphatic carbocycles. The topological polar surface area (TPSA) is 49.8 Å². The maximum Gasteiger partial charge on any atom is 0.406 e. The number of nitrogens with zero attached hydrogens (tertiary/aromatic N) is 1. The van der Waals surface area contributed by atoms with E-state index >= 15 is 0 Å². The molecule has 0 spiro atoms. The van der Waals surface area contributed by atoms with Crippen LogP contribution in [0, 0.1) is 0 Å². The van der Waals surface area contributed by atoms with Crippen molar-refractivity contribution in [1.29, 1.82) is 0 Å². The third kappa shape index (κ3) is 6.03. The average molecular weight is 305 g/mol. The van der Waals surface area contributed by atoms with Crippen molar-refractivity contribution in [2.24, 2.45) is 0 Å². The van der Waals surface area contributed by atoms with Gasteiger partial charge in [0.25, 0.3) is 5.91 Å². The Hall–Kier alpha value is -1.76. The first-order valence-electron chi connectivity index (χ1n) is 6.55. The molecule has 0 bridgehead atoms. The summed E-state index contributed by atoms with van der Waals surface area (Å²) in [5, 5.41) is 8.82. The Morgan fingerprint density at radius 3 is 2.43 bits per heavy atom. The largest absolute Gasteiger partial charge is 0.481 e. The highest BCUT2D eigenvalue weighted by molar-refractivity contribution is 5.81. The summed E-state index contributed by atoms with van der Waals surface area (Å²) in [7, 11) is 0. The third-order valence-corrected chi connectivity index (χ3v) is 2.72. The number of carbonyl (C=O) groups excluding carboxylic acids is 1. The molecule has 1 aromatic rings. The normalized spacial score (nSPS) is 12.8. The second-order valence-electron chi connectivity index (χ2n) is 4.43. The minimum Gasteiger partial charge on any atom is -0.481 e. The maximum absolute atomic E-state index is 12.5. The summed E-state index contributed by atoms with van der Waals surface area (Å²) in [6, 6.07) is 8.41. The molecule has 0 aliphatic rings. The minimum atomic E-state index is -4.52. The molecule has 1 unspecified atom stereocenters. The van der Waals surface area contributed by atoms with Crippen LogP contribution in [0.4, 0.5) is 13.2 Å². The molecule has 0 radical (unpaired) electrons. The van der Waals surface area contributed by atoms with Crippen molar-refractivity contribution >= 4 is 5.91 Å². The molecule has 0 saturated heterocycles. The Kier molecular flexibility index (Phi) is 6.48. The van der Waals surface area contributed by atoms with E-state index in [9.17, 15) is 18.0 Å². The molecular formula is C14H18F3NO3. The second-order valence-corrected chi connectivity index (χ2v) is 4.43. The fraction of sp³-hybridized carbons (Fsp3) is 0.500. The SMILES string of the molecule is CCC(Oc1ccccc1)C(=O)N(CCO)CC(F)(F)F. The molecule has 1 N–H and O–H groups in total. The van der Waals surface area contributed by atoms with Crippen molar-refractivity contribution in [3.63, 3.8) is 0 Å². The van der Waals surface area contributed by atoms with Crippen LogP contribution >= 0.6 is 0 Å². The van der Waals surface area contributed by atoms with E-state index in [1.807, 2.05) is 0 Å². The number of halogens is 3. The van der Waals surface area contributed by atoms with Gasteiger partial charge in [-0.1, -0.05) is 25.1 Å². The Labute approximate surface area is 121 Å². The van der Waals surface area contributed by atoms with E-state index in [1.54, 1.807) is 37.3 Å². The summed E-state index contributed by atoms with van der Waals surface area (Å²) >= 11 is 0. The predicted molar refractivity (Wildman–Crippen MR) is 70.9 cm³/mol. The van der Waals surface area contributed by atoms with Crippen molar-refractivity contribution in [2.75, 3.05) is 19.7 Å². The summed E-state index contributed by atoms with van der Waals surface area (Å²) in [6.45, 7) is -0.673. The molecule has 1 amide bonds. The fourth-order valence-corrected chi connectivity index (χ4v) is 1.78. The van der Waals surface area contributed by atoms with E-state index in [-0.39, 0.29) is 13.0 Å². The van der Waals surface area contributed by atoms with Gasteiger partial charge in [0.15, 0.2) is 6.10 Å². The molecule has 1 rings (SSSR count). The minimum absolute atomic E-state index is 0.230. The lowest BCUT2D eigenvalue weighted by Gasteiger charge is -2.27. The van der Waals surface area contributed by atoms with E-state index < -0.39 is 31.3 Å². The molecule has 21 heavy (non-hydrogen) atoms. The number of carbonyl (C=O) groups is 1.